The van der Waals surface area contributed by atoms with Gasteiger partial charge in [-0.15, -0.1) is 0 Å². The molecule has 0 aliphatic carbocycles. The quantitative estimate of drug-likeness (QED) is 0.749. The summed E-state index contributed by atoms with van der Waals surface area (Å²) in [5.41, 5.74) is 0.290. The van der Waals surface area contributed by atoms with E-state index in [0.29, 0.717) is 16.7 Å². The largest absolute Gasteiger partial charge is 0.374 e. The molecule has 7 nitrogen and oxygen atoms in total. The second-order valence-corrected chi connectivity index (χ2v) is 5.02. The molecule has 19 heavy (non-hydrogen) atoms. The van der Waals surface area contributed by atoms with Crippen molar-refractivity contribution in [1.82, 2.24) is 20.0 Å². The van der Waals surface area contributed by atoms with Crippen molar-refractivity contribution in [1.29, 1.82) is 0 Å². The maximum Gasteiger partial charge on any atom is 0.283 e. The lowest BCUT2D eigenvalue weighted by molar-refractivity contribution is -0.118. The number of hydrogen-bond acceptors (Lipinski definition) is 5. The van der Waals surface area contributed by atoms with Crippen molar-refractivity contribution in [2.45, 2.75) is 6.54 Å². The van der Waals surface area contributed by atoms with E-state index in [-0.39, 0.29) is 18.0 Å². The molecule has 0 radical (unpaired) electrons. The summed E-state index contributed by atoms with van der Waals surface area (Å²) in [7, 11) is 5.41. The average molecular weight is 332 g/mol. The number of carbonyl (C=O) groups excluding carboxylic acids is 1. The molecule has 0 unspecified atom stereocenters. The molecule has 1 heterocycles. The first kappa shape index (κ1) is 15.6. The average Bonchev–Trinajstić information content (AvgIpc) is 2.38. The van der Waals surface area contributed by atoms with Crippen molar-refractivity contribution in [3.63, 3.8) is 0 Å². The van der Waals surface area contributed by atoms with E-state index in [9.17, 15) is 9.59 Å². The van der Waals surface area contributed by atoms with Crippen LogP contribution in [0, 0.1) is 0 Å². The Morgan fingerprint density at radius 3 is 2.79 bits per heavy atom. The molecule has 0 aromatic carbocycles. The third-order valence-corrected chi connectivity index (χ3v) is 3.23. The molecule has 1 aromatic rings. The first-order chi connectivity index (χ1) is 8.95. The van der Waals surface area contributed by atoms with Crippen LogP contribution in [0.5, 0.6) is 0 Å². The van der Waals surface area contributed by atoms with Crippen molar-refractivity contribution < 1.29 is 4.79 Å². The van der Waals surface area contributed by atoms with E-state index in [1.165, 1.54) is 10.9 Å². The number of nitrogens with zero attached hydrogens (tertiary/aromatic N) is 3. The van der Waals surface area contributed by atoms with Crippen LogP contribution >= 0.6 is 15.9 Å². The maximum atomic E-state index is 12.0. The number of carbonyl (C=O) groups is 1. The van der Waals surface area contributed by atoms with Crippen molar-refractivity contribution >= 4 is 27.5 Å². The van der Waals surface area contributed by atoms with E-state index in [0.717, 1.165) is 6.54 Å². The highest BCUT2D eigenvalue weighted by atomic mass is 79.9. The molecule has 0 bridgehead atoms. The number of rotatable bonds is 6. The molecule has 0 saturated carbocycles. The summed E-state index contributed by atoms with van der Waals surface area (Å²) >= 11 is 3.23. The van der Waals surface area contributed by atoms with Gasteiger partial charge in [0.2, 0.25) is 5.91 Å². The van der Waals surface area contributed by atoms with E-state index in [2.05, 4.69) is 31.7 Å². The van der Waals surface area contributed by atoms with Crippen LogP contribution in [0.3, 0.4) is 0 Å². The molecule has 0 fully saturated rings. The van der Waals surface area contributed by atoms with E-state index >= 15 is 0 Å². The fourth-order valence-electron chi connectivity index (χ4n) is 1.31. The summed E-state index contributed by atoms with van der Waals surface area (Å²) in [6.07, 6.45) is 1.53. The van der Waals surface area contributed by atoms with Crippen LogP contribution in [-0.2, 0) is 11.3 Å². The standard InChI is InChI=1S/C11H18BrN5O2/c1-13-9(18)7-14-8-6-15-17(5-4-16(2)3)11(19)10(8)12/h6,14H,4-5,7H2,1-3H3,(H,13,18). The Balaban J connectivity index is 2.79. The Morgan fingerprint density at radius 1 is 1.53 bits per heavy atom. The van der Waals surface area contributed by atoms with Crippen LogP contribution in [0.15, 0.2) is 15.5 Å². The number of likely N-dealkylation sites (N-methyl/N-ethyl adjacent to an activating group) is 2. The molecule has 8 heteroatoms. The predicted octanol–water partition coefficient (Wildman–Crippen LogP) is -0.275. The number of aromatic nitrogens is 2. The molecular weight excluding hydrogens is 314 g/mol. The monoisotopic (exact) mass is 331 g/mol. The summed E-state index contributed by atoms with van der Waals surface area (Å²) in [6, 6.07) is 0. The fourth-order valence-corrected chi connectivity index (χ4v) is 1.75. The lowest BCUT2D eigenvalue weighted by atomic mass is 10.4. The molecule has 106 valence electrons. The second-order valence-electron chi connectivity index (χ2n) is 4.23. The predicted molar refractivity (Wildman–Crippen MR) is 77.3 cm³/mol. The lowest BCUT2D eigenvalue weighted by Crippen LogP contribution is -2.31. The van der Waals surface area contributed by atoms with E-state index in [1.54, 1.807) is 7.05 Å². The molecule has 1 aromatic heterocycles. The van der Waals surface area contributed by atoms with Gasteiger partial charge in [-0.1, -0.05) is 0 Å². The van der Waals surface area contributed by atoms with Gasteiger partial charge in [-0.3, -0.25) is 9.59 Å². The Morgan fingerprint density at radius 2 is 2.21 bits per heavy atom. The zero-order valence-corrected chi connectivity index (χ0v) is 12.8. The van der Waals surface area contributed by atoms with Gasteiger partial charge in [0.1, 0.15) is 4.47 Å². The van der Waals surface area contributed by atoms with Gasteiger partial charge >= 0.3 is 0 Å². The van der Waals surface area contributed by atoms with Crippen molar-refractivity contribution in [3.8, 4) is 0 Å². The summed E-state index contributed by atoms with van der Waals surface area (Å²) in [6.45, 7) is 1.34. The molecule has 0 aliphatic rings. The van der Waals surface area contributed by atoms with Crippen LogP contribution in [0.1, 0.15) is 0 Å². The lowest BCUT2D eigenvalue weighted by Gasteiger charge is -2.12. The van der Waals surface area contributed by atoms with Crippen molar-refractivity contribution in [2.24, 2.45) is 0 Å². The maximum absolute atomic E-state index is 12.0. The Kier molecular flexibility index (Phi) is 5.97. The molecular formula is C11H18BrN5O2. The zero-order valence-electron chi connectivity index (χ0n) is 11.2. The van der Waals surface area contributed by atoms with Gasteiger partial charge in [-0.05, 0) is 30.0 Å². The highest BCUT2D eigenvalue weighted by Crippen LogP contribution is 2.15. The molecule has 1 amide bonds. The molecule has 2 N–H and O–H groups in total. The summed E-state index contributed by atoms with van der Waals surface area (Å²) in [5.74, 6) is -0.163. The highest BCUT2D eigenvalue weighted by molar-refractivity contribution is 9.10. The number of hydrogen-bond donors (Lipinski definition) is 2. The van der Waals surface area contributed by atoms with Crippen LogP contribution in [0.2, 0.25) is 0 Å². The summed E-state index contributed by atoms with van der Waals surface area (Å²) in [5, 5.41) is 9.41. The van der Waals surface area contributed by atoms with Crippen LogP contribution in [0.4, 0.5) is 5.69 Å². The van der Waals surface area contributed by atoms with Crippen LogP contribution in [-0.4, -0.2) is 54.8 Å². The Bertz CT molecular complexity index is 500. The van der Waals surface area contributed by atoms with Gasteiger partial charge in [0.15, 0.2) is 0 Å². The number of nitrogens with one attached hydrogen (secondary N) is 2. The van der Waals surface area contributed by atoms with Crippen LogP contribution in [0.25, 0.3) is 0 Å². The third kappa shape index (κ3) is 4.64. The van der Waals surface area contributed by atoms with E-state index < -0.39 is 0 Å². The Hall–Kier alpha value is -1.41. The van der Waals surface area contributed by atoms with Crippen molar-refractivity contribution in [2.75, 3.05) is 39.5 Å². The van der Waals surface area contributed by atoms with Gasteiger partial charge in [-0.2, -0.15) is 5.10 Å². The molecule has 1 rings (SSSR count). The summed E-state index contributed by atoms with van der Waals surface area (Å²) in [4.78, 5) is 25.1. The highest BCUT2D eigenvalue weighted by Gasteiger charge is 2.09. The second kappa shape index (κ2) is 7.25. The molecule has 0 saturated heterocycles. The fraction of sp³-hybridized carbons (Fsp3) is 0.545. The normalized spacial score (nSPS) is 10.6. The van der Waals surface area contributed by atoms with Gasteiger partial charge in [0, 0.05) is 13.6 Å². The minimum atomic E-state index is -0.219. The first-order valence-corrected chi connectivity index (χ1v) is 6.59. The van der Waals surface area contributed by atoms with E-state index in [1.807, 2.05) is 19.0 Å². The number of amides is 1. The smallest absolute Gasteiger partial charge is 0.283 e. The van der Waals surface area contributed by atoms with Crippen molar-refractivity contribution in [3.05, 3.63) is 21.0 Å². The van der Waals surface area contributed by atoms with Gasteiger partial charge in [-0.25, -0.2) is 4.68 Å². The third-order valence-electron chi connectivity index (χ3n) is 2.46. The summed E-state index contributed by atoms with van der Waals surface area (Å²) < 4.78 is 1.76. The minimum absolute atomic E-state index is 0.0952. The van der Waals surface area contributed by atoms with Gasteiger partial charge in [0.25, 0.3) is 5.56 Å². The van der Waals surface area contributed by atoms with E-state index in [4.69, 9.17) is 0 Å². The molecule has 0 spiro atoms. The van der Waals surface area contributed by atoms with Gasteiger partial charge in [0.05, 0.1) is 25.0 Å². The number of anilines is 1. The Labute approximate surface area is 120 Å². The first-order valence-electron chi connectivity index (χ1n) is 5.80. The van der Waals surface area contributed by atoms with Gasteiger partial charge < -0.3 is 15.5 Å². The van der Waals surface area contributed by atoms with Crippen LogP contribution < -0.4 is 16.2 Å². The molecule has 0 aliphatic heterocycles. The SMILES string of the molecule is CNC(=O)CNc1cnn(CCN(C)C)c(=O)c1Br. The number of halogens is 1. The minimum Gasteiger partial charge on any atom is -0.374 e. The molecule has 0 atom stereocenters. The zero-order chi connectivity index (χ0) is 14.4. The topological polar surface area (TPSA) is 79.3 Å².